The van der Waals surface area contributed by atoms with E-state index in [0.29, 0.717) is 0 Å². The summed E-state index contributed by atoms with van der Waals surface area (Å²) in [5.41, 5.74) is 0. The number of β-lactam (4-membered cyclic amide) rings is 1. The van der Waals surface area contributed by atoms with E-state index in [1.807, 2.05) is 6.92 Å². The number of unbranched alkanes of at least 4 members (excludes halogenated alkanes) is 2. The second-order valence-corrected chi connectivity index (χ2v) is 12.3. The molecule has 1 saturated heterocycles. The smallest absolute Gasteiger partial charge is 0.229 e. The number of rotatable bonds is 5. The van der Waals surface area contributed by atoms with E-state index in [4.69, 9.17) is 4.43 Å². The second kappa shape index (κ2) is 6.98. The normalized spacial score (nSPS) is 23.7. The molecule has 0 unspecified atom stereocenters. The van der Waals surface area contributed by atoms with Crippen LogP contribution in [0.3, 0.4) is 0 Å². The molecule has 3 atom stereocenters. The average molecular weight is 310 g/mol. The van der Waals surface area contributed by atoms with Crippen LogP contribution >= 0.6 is 0 Å². The van der Waals surface area contributed by atoms with E-state index in [1.54, 1.807) is 0 Å². The first-order valence-corrected chi connectivity index (χ1v) is 11.0. The predicted molar refractivity (Wildman–Crippen MR) is 90.5 cm³/mol. The fourth-order valence-corrected chi connectivity index (χ4v) is 3.60. The molecular weight excluding hydrogens is 278 g/mol. The van der Waals surface area contributed by atoms with E-state index >= 15 is 0 Å². The lowest BCUT2D eigenvalue weighted by atomic mass is 9.86. The third-order valence-corrected chi connectivity index (χ3v) is 9.24. The van der Waals surface area contributed by atoms with Crippen molar-refractivity contribution < 1.29 is 9.22 Å². The summed E-state index contributed by atoms with van der Waals surface area (Å²) in [5, 5.41) is 3.05. The van der Waals surface area contributed by atoms with Gasteiger partial charge >= 0.3 is 0 Å². The molecule has 1 fully saturated rings. The van der Waals surface area contributed by atoms with Gasteiger partial charge in [0, 0.05) is 6.42 Å². The molecule has 21 heavy (non-hydrogen) atoms. The van der Waals surface area contributed by atoms with Crippen LogP contribution in [-0.4, -0.2) is 26.4 Å². The summed E-state index contributed by atoms with van der Waals surface area (Å²) in [5.74, 6) is 6.33. The number of hydrogen-bond donors (Lipinski definition) is 1. The fourth-order valence-electron chi connectivity index (χ4n) is 2.17. The molecule has 1 rings (SSSR count). The molecule has 1 N–H and O–H groups in total. The number of carbonyl (C=O) groups is 1. The van der Waals surface area contributed by atoms with Gasteiger partial charge in [0.15, 0.2) is 8.32 Å². The molecule has 1 heterocycles. The predicted octanol–water partition coefficient (Wildman–Crippen LogP) is 3.70. The van der Waals surface area contributed by atoms with Gasteiger partial charge in [0.1, 0.15) is 6.04 Å². The Kier molecular flexibility index (Phi) is 6.07. The highest BCUT2D eigenvalue weighted by Crippen LogP contribution is 2.38. The van der Waals surface area contributed by atoms with E-state index in [2.05, 4.69) is 57.9 Å². The highest BCUT2D eigenvalue weighted by molar-refractivity contribution is 6.74. The Balaban J connectivity index is 2.65. The first-order chi connectivity index (χ1) is 9.60. The SMILES string of the molecule is CCCCC#C[C@H]1NC(=O)[C@@H]1[C@@H](C)O[Si](C)(C)C(C)(C)C. The minimum Gasteiger partial charge on any atom is -0.413 e. The lowest BCUT2D eigenvalue weighted by Gasteiger charge is -2.44. The van der Waals surface area contributed by atoms with Crippen molar-refractivity contribution in [3.05, 3.63) is 0 Å². The molecule has 0 saturated carbocycles. The molecule has 0 bridgehead atoms. The largest absolute Gasteiger partial charge is 0.413 e. The highest BCUT2D eigenvalue weighted by Gasteiger charge is 2.46. The molecule has 1 aliphatic heterocycles. The van der Waals surface area contributed by atoms with Crippen molar-refractivity contribution in [2.24, 2.45) is 5.92 Å². The third-order valence-electron chi connectivity index (χ3n) is 4.66. The summed E-state index contributed by atoms with van der Waals surface area (Å²) < 4.78 is 6.34. The van der Waals surface area contributed by atoms with Gasteiger partial charge in [-0.15, -0.1) is 5.92 Å². The monoisotopic (exact) mass is 309 g/mol. The van der Waals surface area contributed by atoms with Crippen molar-refractivity contribution in [1.29, 1.82) is 0 Å². The maximum absolute atomic E-state index is 11.9. The summed E-state index contributed by atoms with van der Waals surface area (Å²) in [6.07, 6.45) is 3.12. The summed E-state index contributed by atoms with van der Waals surface area (Å²) in [7, 11) is -1.84. The van der Waals surface area contributed by atoms with E-state index in [9.17, 15) is 4.79 Å². The van der Waals surface area contributed by atoms with Gasteiger partial charge in [-0.2, -0.15) is 0 Å². The van der Waals surface area contributed by atoms with Crippen LogP contribution in [0.15, 0.2) is 0 Å². The van der Waals surface area contributed by atoms with Crippen LogP contribution in [0, 0.1) is 17.8 Å². The van der Waals surface area contributed by atoms with E-state index in [1.165, 1.54) is 0 Å². The number of carbonyl (C=O) groups excluding carboxylic acids is 1. The van der Waals surface area contributed by atoms with Crippen molar-refractivity contribution >= 4 is 14.2 Å². The molecule has 0 radical (unpaired) electrons. The molecule has 1 aliphatic rings. The van der Waals surface area contributed by atoms with E-state index < -0.39 is 8.32 Å². The Morgan fingerprint density at radius 1 is 1.38 bits per heavy atom. The fraction of sp³-hybridized carbons (Fsp3) is 0.824. The Morgan fingerprint density at radius 3 is 2.48 bits per heavy atom. The molecule has 0 aromatic heterocycles. The van der Waals surface area contributed by atoms with Crippen molar-refractivity contribution in [3.63, 3.8) is 0 Å². The lowest BCUT2D eigenvalue weighted by Crippen LogP contribution is -2.63. The molecule has 1 amide bonds. The van der Waals surface area contributed by atoms with Gasteiger partial charge in [-0.3, -0.25) is 4.79 Å². The van der Waals surface area contributed by atoms with Crippen LogP contribution in [0.2, 0.25) is 18.1 Å². The van der Waals surface area contributed by atoms with Crippen molar-refractivity contribution in [2.45, 2.75) is 84.2 Å². The zero-order valence-electron chi connectivity index (χ0n) is 14.7. The lowest BCUT2D eigenvalue weighted by molar-refractivity contribution is -0.137. The average Bonchev–Trinajstić information content (AvgIpc) is 2.30. The quantitative estimate of drug-likeness (QED) is 0.364. The van der Waals surface area contributed by atoms with Crippen molar-refractivity contribution in [2.75, 3.05) is 0 Å². The minimum absolute atomic E-state index is 0.0332. The van der Waals surface area contributed by atoms with Gasteiger partial charge in [-0.25, -0.2) is 0 Å². The zero-order valence-corrected chi connectivity index (χ0v) is 15.7. The summed E-state index contributed by atoms with van der Waals surface area (Å²) in [6.45, 7) is 15.3. The summed E-state index contributed by atoms with van der Waals surface area (Å²) in [6, 6.07) is -0.0332. The number of amides is 1. The first-order valence-electron chi connectivity index (χ1n) is 8.06. The number of nitrogens with one attached hydrogen (secondary N) is 1. The minimum atomic E-state index is -1.84. The third kappa shape index (κ3) is 4.59. The van der Waals surface area contributed by atoms with Crippen LogP contribution in [0.5, 0.6) is 0 Å². The molecule has 0 aliphatic carbocycles. The Bertz CT molecular complexity index is 428. The molecule has 0 aromatic carbocycles. The Morgan fingerprint density at radius 2 is 2.00 bits per heavy atom. The summed E-state index contributed by atoms with van der Waals surface area (Å²) >= 11 is 0. The zero-order chi connectivity index (χ0) is 16.3. The van der Waals surface area contributed by atoms with Gasteiger partial charge in [-0.05, 0) is 31.5 Å². The first kappa shape index (κ1) is 18.3. The second-order valence-electron chi connectivity index (χ2n) is 7.52. The van der Waals surface area contributed by atoms with Crippen LogP contribution in [-0.2, 0) is 9.22 Å². The molecule has 0 spiro atoms. The Labute approximate surface area is 131 Å². The Hall–Kier alpha value is -0.793. The van der Waals surface area contributed by atoms with Gasteiger partial charge < -0.3 is 9.74 Å². The molecular formula is C17H31NO2Si. The van der Waals surface area contributed by atoms with Crippen molar-refractivity contribution in [3.8, 4) is 11.8 Å². The topological polar surface area (TPSA) is 38.3 Å². The van der Waals surface area contributed by atoms with Gasteiger partial charge in [0.25, 0.3) is 0 Å². The van der Waals surface area contributed by atoms with Crippen LogP contribution in [0.1, 0.15) is 53.9 Å². The summed E-state index contributed by atoms with van der Waals surface area (Å²) in [4.78, 5) is 11.9. The van der Waals surface area contributed by atoms with Crippen molar-refractivity contribution in [1.82, 2.24) is 5.32 Å². The van der Waals surface area contributed by atoms with Gasteiger partial charge in [0.05, 0.1) is 12.0 Å². The van der Waals surface area contributed by atoms with Crippen LogP contribution in [0.25, 0.3) is 0 Å². The number of hydrogen-bond acceptors (Lipinski definition) is 2. The maximum atomic E-state index is 11.9. The maximum Gasteiger partial charge on any atom is 0.229 e. The standard InChI is InChI=1S/C17H31NO2Si/c1-8-9-10-11-12-14-15(16(19)18-14)13(2)20-21(6,7)17(3,4)5/h13-15H,8-10H2,1-7H3,(H,18,19)/t13-,14-,15-/m1/s1. The molecule has 120 valence electrons. The molecule has 3 nitrogen and oxygen atoms in total. The van der Waals surface area contributed by atoms with Crippen LogP contribution < -0.4 is 5.32 Å². The van der Waals surface area contributed by atoms with Gasteiger partial charge in [0.2, 0.25) is 5.91 Å². The highest BCUT2D eigenvalue weighted by atomic mass is 28.4. The van der Waals surface area contributed by atoms with E-state index in [-0.39, 0.29) is 29.0 Å². The van der Waals surface area contributed by atoms with E-state index in [0.717, 1.165) is 19.3 Å². The van der Waals surface area contributed by atoms with Crippen LogP contribution in [0.4, 0.5) is 0 Å². The van der Waals surface area contributed by atoms with Gasteiger partial charge in [-0.1, -0.05) is 40.0 Å². The molecule has 0 aromatic rings. The molecule has 4 heteroatoms.